The van der Waals surface area contributed by atoms with E-state index in [1.807, 2.05) is 0 Å². The molecule has 0 fully saturated rings. The Labute approximate surface area is 65.2 Å². The van der Waals surface area contributed by atoms with Crippen LogP contribution in [-0.4, -0.2) is 4.92 Å². The molecular weight excluding hydrogens is 154 g/mol. The van der Waals surface area contributed by atoms with E-state index >= 15 is 0 Å². The molecule has 0 atom stereocenters. The second-order valence-electron chi connectivity index (χ2n) is 1.56. The molecule has 0 radical (unpaired) electrons. The van der Waals surface area contributed by atoms with E-state index in [9.17, 15) is 10.1 Å². The molecule has 3 nitrogen and oxygen atoms in total. The fourth-order valence-electron chi connectivity index (χ4n) is 0.496. The largest absolute Gasteiger partial charge is 0.287 e. The lowest BCUT2D eigenvalue weighted by atomic mass is 10.3. The third-order valence-electron chi connectivity index (χ3n) is 0.924. The molecular formula is C6H4ClNO2. The van der Waals surface area contributed by atoms with E-state index in [1.54, 1.807) is 0 Å². The van der Waals surface area contributed by atoms with Crippen molar-refractivity contribution in [2.75, 3.05) is 0 Å². The van der Waals surface area contributed by atoms with Crippen molar-refractivity contribution in [1.29, 1.82) is 0 Å². The Balaban J connectivity index is 3.37. The molecule has 0 unspecified atom stereocenters. The van der Waals surface area contributed by atoms with Gasteiger partial charge in [0.15, 0.2) is 0 Å². The summed E-state index contributed by atoms with van der Waals surface area (Å²) in [5.41, 5.74) is -0.394. The minimum atomic E-state index is -0.710. The molecule has 10 heavy (non-hydrogen) atoms. The Morgan fingerprint density at radius 2 is 2.50 bits per heavy atom. The van der Waals surface area contributed by atoms with E-state index in [4.69, 9.17) is 14.3 Å². The maximum Gasteiger partial charge on any atom is 0.287 e. The molecule has 0 bridgehead atoms. The highest BCUT2D eigenvalue weighted by atomic mass is 35.5. The predicted molar refractivity (Wildman–Crippen MR) is 38.1 cm³/mol. The lowest BCUT2D eigenvalue weighted by Crippen LogP contribution is -1.87. The first-order valence-electron chi connectivity index (χ1n) is 3.43. The highest BCUT2D eigenvalue weighted by Gasteiger charge is 2.08. The zero-order valence-corrected chi connectivity index (χ0v) is 5.55. The summed E-state index contributed by atoms with van der Waals surface area (Å²) in [6.45, 7) is 0. The Hall–Kier alpha value is -1.09. The summed E-state index contributed by atoms with van der Waals surface area (Å²) in [5.74, 6) is 0. The zero-order valence-electron chi connectivity index (χ0n) is 6.80. The van der Waals surface area contributed by atoms with Gasteiger partial charge in [0.1, 0.15) is 5.02 Å². The second-order valence-corrected chi connectivity index (χ2v) is 1.93. The monoisotopic (exact) mass is 159 g/mol. The number of hydrogen-bond acceptors (Lipinski definition) is 2. The Bertz CT molecular complexity index is 343. The van der Waals surface area contributed by atoms with E-state index in [0.29, 0.717) is 0 Å². The van der Waals surface area contributed by atoms with Gasteiger partial charge in [-0.1, -0.05) is 23.7 Å². The normalized spacial score (nSPS) is 12.1. The molecule has 0 saturated heterocycles. The van der Waals surface area contributed by atoms with Gasteiger partial charge in [-0.2, -0.15) is 0 Å². The van der Waals surface area contributed by atoms with Gasteiger partial charge in [-0.3, -0.25) is 10.1 Å². The topological polar surface area (TPSA) is 43.1 Å². The number of nitrogens with zero attached hydrogens (tertiary/aromatic N) is 1. The molecule has 52 valence electrons. The van der Waals surface area contributed by atoms with Crippen molar-refractivity contribution >= 4 is 17.3 Å². The minimum Gasteiger partial charge on any atom is -0.258 e. The molecule has 0 N–H and O–H groups in total. The summed E-state index contributed by atoms with van der Waals surface area (Å²) in [6, 6.07) is 1.88. The van der Waals surface area contributed by atoms with Gasteiger partial charge >= 0.3 is 0 Å². The average Bonchev–Trinajstić information content (AvgIpc) is 1.96. The second kappa shape index (κ2) is 2.66. The summed E-state index contributed by atoms with van der Waals surface area (Å²) in [4.78, 5) is 9.57. The Morgan fingerprint density at radius 3 is 3.10 bits per heavy atom. The van der Waals surface area contributed by atoms with E-state index in [1.165, 1.54) is 0 Å². The summed E-state index contributed by atoms with van der Waals surface area (Å²) >= 11 is 5.45. The molecule has 1 rings (SSSR count). The van der Waals surface area contributed by atoms with Gasteiger partial charge in [0.05, 0.1) is 7.66 Å². The number of halogens is 1. The Kier molecular flexibility index (Phi) is 1.25. The van der Waals surface area contributed by atoms with E-state index in [-0.39, 0.29) is 17.1 Å². The zero-order chi connectivity index (χ0) is 9.30. The molecule has 0 aliphatic rings. The molecule has 0 aliphatic carbocycles. The first-order chi connectivity index (χ1) is 5.52. The summed E-state index contributed by atoms with van der Waals surface area (Å²) in [5, 5.41) is 10.1. The summed E-state index contributed by atoms with van der Waals surface area (Å²) in [6.07, 6.45) is 0. The lowest BCUT2D eigenvalue weighted by Gasteiger charge is -1.90. The number of para-hydroxylation sites is 1. The molecule has 0 spiro atoms. The number of rotatable bonds is 1. The van der Waals surface area contributed by atoms with Crippen molar-refractivity contribution < 1.29 is 7.66 Å². The van der Waals surface area contributed by atoms with Crippen LogP contribution in [0.2, 0.25) is 5.02 Å². The van der Waals surface area contributed by atoms with Crippen molar-refractivity contribution in [3.8, 4) is 0 Å². The quantitative estimate of drug-likeness (QED) is 0.466. The number of benzene rings is 1. The van der Waals surface area contributed by atoms with Gasteiger partial charge in [0.2, 0.25) is 0 Å². The third-order valence-corrected chi connectivity index (χ3v) is 1.23. The van der Waals surface area contributed by atoms with E-state index in [0.717, 1.165) is 12.1 Å². The van der Waals surface area contributed by atoms with Gasteiger partial charge in [0.25, 0.3) is 5.69 Å². The van der Waals surface area contributed by atoms with Gasteiger partial charge in [-0.05, 0) is 6.04 Å². The SMILES string of the molecule is [2H]c1cc([2H])c(Cl)c([N+](=O)[O-])c1. The summed E-state index contributed by atoms with van der Waals surface area (Å²) < 4.78 is 14.2. The first-order valence-corrected chi connectivity index (χ1v) is 2.81. The fourth-order valence-corrected chi connectivity index (χ4v) is 0.674. The maximum atomic E-state index is 10.3. The number of hydrogen-bond donors (Lipinski definition) is 0. The van der Waals surface area contributed by atoms with E-state index in [2.05, 4.69) is 0 Å². The van der Waals surface area contributed by atoms with Gasteiger partial charge < -0.3 is 0 Å². The molecule has 0 saturated carbocycles. The van der Waals surface area contributed by atoms with Crippen molar-refractivity contribution in [2.24, 2.45) is 0 Å². The van der Waals surface area contributed by atoms with Crippen LogP contribution in [0, 0.1) is 10.1 Å². The Morgan fingerprint density at radius 1 is 1.80 bits per heavy atom. The lowest BCUT2D eigenvalue weighted by molar-refractivity contribution is -0.384. The first kappa shape index (κ1) is 4.68. The van der Waals surface area contributed by atoms with Crippen LogP contribution in [0.4, 0.5) is 5.69 Å². The van der Waals surface area contributed by atoms with Crippen LogP contribution in [0.3, 0.4) is 0 Å². The van der Waals surface area contributed by atoms with Crippen molar-refractivity contribution in [3.05, 3.63) is 39.4 Å². The highest BCUT2D eigenvalue weighted by Crippen LogP contribution is 2.21. The van der Waals surface area contributed by atoms with Gasteiger partial charge in [0, 0.05) is 6.07 Å². The van der Waals surface area contributed by atoms with Crippen LogP contribution < -0.4 is 0 Å². The van der Waals surface area contributed by atoms with Crippen LogP contribution in [0.25, 0.3) is 0 Å². The molecule has 0 aromatic heterocycles. The molecule has 1 aromatic rings. The molecule has 4 heteroatoms. The van der Waals surface area contributed by atoms with Crippen LogP contribution in [0.5, 0.6) is 0 Å². The van der Waals surface area contributed by atoms with Crippen LogP contribution in [-0.2, 0) is 0 Å². The highest BCUT2D eigenvalue weighted by molar-refractivity contribution is 6.32. The predicted octanol–water partition coefficient (Wildman–Crippen LogP) is 2.25. The van der Waals surface area contributed by atoms with Gasteiger partial charge in [-0.25, -0.2) is 0 Å². The average molecular weight is 160 g/mol. The van der Waals surface area contributed by atoms with Crippen LogP contribution in [0.15, 0.2) is 24.2 Å². The molecule has 1 aromatic carbocycles. The fraction of sp³-hybridized carbons (Fsp3) is 0. The van der Waals surface area contributed by atoms with Crippen LogP contribution in [0.1, 0.15) is 2.74 Å². The van der Waals surface area contributed by atoms with Crippen molar-refractivity contribution in [2.45, 2.75) is 0 Å². The van der Waals surface area contributed by atoms with Crippen LogP contribution >= 0.6 is 11.6 Å². The molecule has 0 aliphatic heterocycles. The standard InChI is InChI=1S/C6H4ClNO2/c7-5-3-1-2-4-6(5)8(9)10/h1-4H/i2D,3D. The molecule has 0 heterocycles. The summed E-state index contributed by atoms with van der Waals surface area (Å²) in [7, 11) is 0. The third kappa shape index (κ3) is 1.25. The van der Waals surface area contributed by atoms with Crippen molar-refractivity contribution in [3.63, 3.8) is 0 Å². The maximum absolute atomic E-state index is 10.3. The van der Waals surface area contributed by atoms with Gasteiger partial charge in [-0.15, -0.1) is 0 Å². The van der Waals surface area contributed by atoms with Crippen molar-refractivity contribution in [1.82, 2.24) is 0 Å². The number of nitro groups is 1. The smallest absolute Gasteiger partial charge is 0.258 e. The van der Waals surface area contributed by atoms with E-state index < -0.39 is 10.6 Å². The molecule has 0 amide bonds. The minimum absolute atomic E-state index is 0.0869. The number of nitro benzene ring substituents is 1.